The van der Waals surface area contributed by atoms with Crippen LogP contribution in [-0.2, 0) is 7.05 Å². The molecule has 2 aromatic heterocycles. The third-order valence-corrected chi connectivity index (χ3v) is 2.17. The Morgan fingerprint density at radius 1 is 1.40 bits per heavy atom. The molecule has 0 amide bonds. The monoisotopic (exact) mass is 205 g/mol. The Bertz CT molecular complexity index is 453. The standard InChI is InChI=1S/C9H11N5O/c1-14-9(10)6(4-13-14)8(15)7-5-11-2-3-12-7/h2-5,8,15H,10H2,1H3. The van der Waals surface area contributed by atoms with E-state index in [1.54, 1.807) is 13.2 Å². The van der Waals surface area contributed by atoms with E-state index in [1.807, 2.05) is 0 Å². The van der Waals surface area contributed by atoms with Crippen LogP contribution in [0.5, 0.6) is 0 Å². The van der Waals surface area contributed by atoms with Crippen LogP contribution in [0.1, 0.15) is 17.4 Å². The maximum Gasteiger partial charge on any atom is 0.128 e. The number of aromatic nitrogens is 4. The van der Waals surface area contributed by atoms with Gasteiger partial charge in [0.15, 0.2) is 0 Å². The van der Waals surface area contributed by atoms with Gasteiger partial charge in [-0.25, -0.2) is 0 Å². The van der Waals surface area contributed by atoms with Crippen LogP contribution in [0.25, 0.3) is 0 Å². The van der Waals surface area contributed by atoms with Crippen LogP contribution in [-0.4, -0.2) is 24.9 Å². The maximum atomic E-state index is 9.95. The molecule has 0 saturated heterocycles. The van der Waals surface area contributed by atoms with Gasteiger partial charge >= 0.3 is 0 Å². The molecule has 0 aliphatic heterocycles. The van der Waals surface area contributed by atoms with Gasteiger partial charge in [-0.3, -0.25) is 14.6 Å². The van der Waals surface area contributed by atoms with Gasteiger partial charge in [0, 0.05) is 25.0 Å². The van der Waals surface area contributed by atoms with Crippen molar-refractivity contribution in [1.82, 2.24) is 19.7 Å². The van der Waals surface area contributed by atoms with E-state index in [9.17, 15) is 5.11 Å². The zero-order valence-electron chi connectivity index (χ0n) is 8.20. The van der Waals surface area contributed by atoms with Gasteiger partial charge in [0.2, 0.25) is 0 Å². The number of nitrogens with two attached hydrogens (primary N) is 1. The molecule has 6 nitrogen and oxygen atoms in total. The average Bonchev–Trinajstić information content (AvgIpc) is 2.60. The molecule has 0 aliphatic rings. The van der Waals surface area contributed by atoms with E-state index in [0.717, 1.165) is 0 Å². The number of hydrogen-bond donors (Lipinski definition) is 2. The second-order valence-corrected chi connectivity index (χ2v) is 3.14. The van der Waals surface area contributed by atoms with E-state index in [4.69, 9.17) is 5.73 Å². The van der Waals surface area contributed by atoms with Crippen LogP contribution in [0.3, 0.4) is 0 Å². The minimum atomic E-state index is -0.882. The normalized spacial score (nSPS) is 12.7. The third-order valence-electron chi connectivity index (χ3n) is 2.17. The van der Waals surface area contributed by atoms with Crippen molar-refractivity contribution in [2.75, 3.05) is 5.73 Å². The first-order chi connectivity index (χ1) is 7.20. The maximum absolute atomic E-state index is 9.95. The Kier molecular flexibility index (Phi) is 2.34. The fourth-order valence-corrected chi connectivity index (χ4v) is 1.29. The summed E-state index contributed by atoms with van der Waals surface area (Å²) in [5, 5.41) is 13.9. The highest BCUT2D eigenvalue weighted by Crippen LogP contribution is 2.23. The van der Waals surface area contributed by atoms with Gasteiger partial charge in [-0.05, 0) is 0 Å². The fraction of sp³-hybridized carbons (Fsp3) is 0.222. The predicted octanol–water partition coefficient (Wildman–Crippen LogP) is -0.126. The largest absolute Gasteiger partial charge is 0.384 e. The van der Waals surface area contributed by atoms with Gasteiger partial charge in [0.25, 0.3) is 0 Å². The van der Waals surface area contributed by atoms with Crippen LogP contribution < -0.4 is 5.73 Å². The molecule has 0 aliphatic carbocycles. The summed E-state index contributed by atoms with van der Waals surface area (Å²) >= 11 is 0. The molecule has 1 unspecified atom stereocenters. The summed E-state index contributed by atoms with van der Waals surface area (Å²) in [7, 11) is 1.71. The smallest absolute Gasteiger partial charge is 0.128 e. The van der Waals surface area contributed by atoms with Crippen molar-refractivity contribution in [2.45, 2.75) is 6.10 Å². The summed E-state index contributed by atoms with van der Waals surface area (Å²) in [5.74, 6) is 0.424. The van der Waals surface area contributed by atoms with Crippen LogP contribution in [0, 0.1) is 0 Å². The lowest BCUT2D eigenvalue weighted by molar-refractivity contribution is 0.215. The summed E-state index contributed by atoms with van der Waals surface area (Å²) in [5.41, 5.74) is 6.73. The van der Waals surface area contributed by atoms with Crippen LogP contribution in [0.4, 0.5) is 5.82 Å². The number of nitrogens with zero attached hydrogens (tertiary/aromatic N) is 4. The van der Waals surface area contributed by atoms with Gasteiger partial charge in [-0.15, -0.1) is 0 Å². The SMILES string of the molecule is Cn1ncc(C(O)c2cnccn2)c1N. The molecule has 0 bridgehead atoms. The lowest BCUT2D eigenvalue weighted by Gasteiger charge is -2.08. The molecule has 0 radical (unpaired) electrons. The molecule has 0 aromatic carbocycles. The van der Waals surface area contributed by atoms with Gasteiger partial charge < -0.3 is 10.8 Å². The first-order valence-corrected chi connectivity index (χ1v) is 4.41. The molecule has 2 heterocycles. The number of aliphatic hydroxyl groups excluding tert-OH is 1. The van der Waals surface area contributed by atoms with Crippen molar-refractivity contribution in [3.05, 3.63) is 36.0 Å². The Morgan fingerprint density at radius 2 is 2.20 bits per heavy atom. The summed E-state index contributed by atoms with van der Waals surface area (Å²) in [6.45, 7) is 0. The van der Waals surface area contributed by atoms with Gasteiger partial charge in [0.1, 0.15) is 11.9 Å². The number of aliphatic hydroxyl groups is 1. The molecular weight excluding hydrogens is 194 g/mol. The van der Waals surface area contributed by atoms with E-state index in [2.05, 4.69) is 15.1 Å². The summed E-state index contributed by atoms with van der Waals surface area (Å²) in [4.78, 5) is 7.88. The zero-order chi connectivity index (χ0) is 10.8. The molecule has 0 fully saturated rings. The Labute approximate surface area is 86.4 Å². The minimum Gasteiger partial charge on any atom is -0.384 e. The van der Waals surface area contributed by atoms with E-state index in [-0.39, 0.29) is 0 Å². The first-order valence-electron chi connectivity index (χ1n) is 4.41. The van der Waals surface area contributed by atoms with Crippen LogP contribution in [0.15, 0.2) is 24.8 Å². The fourth-order valence-electron chi connectivity index (χ4n) is 1.29. The van der Waals surface area contributed by atoms with Gasteiger partial charge in [0.05, 0.1) is 18.1 Å². The first kappa shape index (κ1) is 9.60. The molecule has 15 heavy (non-hydrogen) atoms. The predicted molar refractivity (Wildman–Crippen MR) is 53.7 cm³/mol. The molecule has 0 saturated carbocycles. The van der Waals surface area contributed by atoms with Crippen molar-refractivity contribution in [3.63, 3.8) is 0 Å². The summed E-state index contributed by atoms with van der Waals surface area (Å²) < 4.78 is 1.49. The summed E-state index contributed by atoms with van der Waals surface area (Å²) in [6, 6.07) is 0. The van der Waals surface area contributed by atoms with E-state index < -0.39 is 6.10 Å². The molecule has 3 N–H and O–H groups in total. The Balaban J connectivity index is 2.37. The number of hydrogen-bond acceptors (Lipinski definition) is 5. The Hall–Kier alpha value is -1.95. The topological polar surface area (TPSA) is 89.8 Å². The quantitative estimate of drug-likeness (QED) is 0.713. The highest BCUT2D eigenvalue weighted by atomic mass is 16.3. The molecule has 2 aromatic rings. The number of aryl methyl sites for hydroxylation is 1. The molecule has 0 spiro atoms. The van der Waals surface area contributed by atoms with Gasteiger partial charge in [-0.2, -0.15) is 5.10 Å². The van der Waals surface area contributed by atoms with Crippen molar-refractivity contribution in [1.29, 1.82) is 0 Å². The lowest BCUT2D eigenvalue weighted by Crippen LogP contribution is -2.06. The van der Waals surface area contributed by atoms with E-state index in [0.29, 0.717) is 17.1 Å². The molecule has 6 heteroatoms. The van der Waals surface area contributed by atoms with Crippen molar-refractivity contribution >= 4 is 5.82 Å². The van der Waals surface area contributed by atoms with Crippen molar-refractivity contribution in [2.24, 2.45) is 7.05 Å². The minimum absolute atomic E-state index is 0.424. The van der Waals surface area contributed by atoms with Crippen LogP contribution in [0.2, 0.25) is 0 Å². The number of rotatable bonds is 2. The molecule has 1 atom stereocenters. The second-order valence-electron chi connectivity index (χ2n) is 3.14. The van der Waals surface area contributed by atoms with Crippen LogP contribution >= 0.6 is 0 Å². The van der Waals surface area contributed by atoms with Crippen molar-refractivity contribution in [3.8, 4) is 0 Å². The lowest BCUT2D eigenvalue weighted by atomic mass is 10.1. The second kappa shape index (κ2) is 3.66. The van der Waals surface area contributed by atoms with E-state index in [1.165, 1.54) is 23.3 Å². The Morgan fingerprint density at radius 3 is 2.73 bits per heavy atom. The third kappa shape index (κ3) is 1.66. The zero-order valence-corrected chi connectivity index (χ0v) is 8.20. The average molecular weight is 205 g/mol. The molecular formula is C9H11N5O. The highest BCUT2D eigenvalue weighted by molar-refractivity contribution is 5.42. The van der Waals surface area contributed by atoms with Gasteiger partial charge in [-0.1, -0.05) is 0 Å². The van der Waals surface area contributed by atoms with E-state index >= 15 is 0 Å². The summed E-state index contributed by atoms with van der Waals surface area (Å²) in [6.07, 6.45) is 5.20. The molecule has 78 valence electrons. The number of anilines is 1. The van der Waals surface area contributed by atoms with Crippen molar-refractivity contribution < 1.29 is 5.11 Å². The molecule has 2 rings (SSSR count). The number of nitrogen functional groups attached to an aromatic ring is 1. The highest BCUT2D eigenvalue weighted by Gasteiger charge is 2.17.